The molecule has 0 fully saturated rings. The number of benzene rings is 10. The monoisotopic (exact) mass is 764 g/mol. The lowest BCUT2D eigenvalue weighted by molar-refractivity contribution is 1.29. The van der Waals surface area contributed by atoms with E-state index in [-0.39, 0.29) is 0 Å². The molecule has 0 aliphatic heterocycles. The van der Waals surface area contributed by atoms with Crippen LogP contribution < -0.4 is 9.80 Å². The van der Waals surface area contributed by atoms with Crippen LogP contribution in [0.1, 0.15) is 16.7 Å². The van der Waals surface area contributed by atoms with Gasteiger partial charge in [0.1, 0.15) is 0 Å². The molecule has 10 aromatic carbocycles. The summed E-state index contributed by atoms with van der Waals surface area (Å²) in [5.74, 6) is 0. The largest absolute Gasteiger partial charge is 0.311 e. The number of rotatable bonds is 8. The quantitative estimate of drug-likeness (QED) is 0.114. The van der Waals surface area contributed by atoms with E-state index in [0.717, 1.165) is 66.8 Å². The lowest BCUT2D eigenvalue weighted by Gasteiger charge is -2.26. The maximum atomic E-state index is 9.46. The summed E-state index contributed by atoms with van der Waals surface area (Å²) in [7, 11) is 0. The van der Waals surface area contributed by atoms with Gasteiger partial charge in [-0.05, 0) is 151 Å². The average molecular weight is 765 g/mol. The minimum atomic E-state index is 0.620. The molecule has 10 rings (SSSR count). The van der Waals surface area contributed by atoms with Gasteiger partial charge >= 0.3 is 0 Å². The van der Waals surface area contributed by atoms with Crippen molar-refractivity contribution in [3.05, 3.63) is 234 Å². The number of hydrogen-bond donors (Lipinski definition) is 0. The zero-order chi connectivity index (χ0) is 40.4. The number of anilines is 6. The molecule has 0 aliphatic carbocycles. The van der Waals surface area contributed by atoms with Crippen molar-refractivity contribution in [2.45, 2.75) is 0 Å². The van der Waals surface area contributed by atoms with Crippen molar-refractivity contribution < 1.29 is 0 Å². The number of nitriles is 1. The summed E-state index contributed by atoms with van der Waals surface area (Å²) in [6.45, 7) is 7.45. The maximum Gasteiger partial charge on any atom is 0.187 e. The van der Waals surface area contributed by atoms with Crippen LogP contribution in [0, 0.1) is 17.9 Å². The van der Waals surface area contributed by atoms with Crippen LogP contribution in [-0.2, 0) is 0 Å². The lowest BCUT2D eigenvalue weighted by atomic mass is 10.0. The van der Waals surface area contributed by atoms with Crippen LogP contribution in [0.5, 0.6) is 0 Å². The molecule has 0 atom stereocenters. The molecule has 0 amide bonds. The first-order chi connectivity index (χ1) is 29.6. The first-order valence-corrected chi connectivity index (χ1v) is 19.9. The van der Waals surface area contributed by atoms with Crippen LogP contribution in [0.3, 0.4) is 0 Å². The molecule has 0 saturated heterocycles. The van der Waals surface area contributed by atoms with Crippen molar-refractivity contribution in [1.82, 2.24) is 0 Å². The van der Waals surface area contributed by atoms with Gasteiger partial charge in [0.2, 0.25) is 0 Å². The number of fused-ring (bicyclic) bond motifs is 4. The first kappa shape index (κ1) is 35.9. The van der Waals surface area contributed by atoms with Gasteiger partial charge in [-0.15, -0.1) is 0 Å². The van der Waals surface area contributed by atoms with Crippen LogP contribution in [0.2, 0.25) is 0 Å². The van der Waals surface area contributed by atoms with Gasteiger partial charge in [0.05, 0.1) is 18.2 Å². The van der Waals surface area contributed by atoms with Crippen LogP contribution in [0.15, 0.2) is 206 Å². The van der Waals surface area contributed by atoms with Crippen molar-refractivity contribution in [3.63, 3.8) is 0 Å². The molecule has 4 nitrogen and oxygen atoms in total. The second-order valence-corrected chi connectivity index (χ2v) is 14.9. The van der Waals surface area contributed by atoms with Crippen molar-refractivity contribution in [2.24, 2.45) is 0 Å². The normalized spacial score (nSPS) is 11.2. The zero-order valence-electron chi connectivity index (χ0n) is 32.6. The summed E-state index contributed by atoms with van der Waals surface area (Å²) in [6, 6.07) is 74.1. The summed E-state index contributed by atoms with van der Waals surface area (Å²) in [6.07, 6.45) is 4.35. The van der Waals surface area contributed by atoms with E-state index in [1.54, 1.807) is 0 Å². The molecule has 280 valence electrons. The Morgan fingerprint density at radius 2 is 0.700 bits per heavy atom. The Hall–Kier alpha value is -8.44. The molecule has 0 bridgehead atoms. The highest BCUT2D eigenvalue weighted by Gasteiger charge is 2.16. The highest BCUT2D eigenvalue weighted by atomic mass is 15.1. The predicted octanol–water partition coefficient (Wildman–Crippen LogP) is 15.8. The fraction of sp³-hybridized carbons (Fsp3) is 0. The smallest absolute Gasteiger partial charge is 0.187 e. The summed E-state index contributed by atoms with van der Waals surface area (Å²) >= 11 is 0. The highest BCUT2D eigenvalue weighted by Crippen LogP contribution is 2.40. The second kappa shape index (κ2) is 15.5. The summed E-state index contributed by atoms with van der Waals surface area (Å²) in [5, 5.41) is 18.8. The molecule has 0 N–H and O–H groups in total. The van der Waals surface area contributed by atoms with Crippen LogP contribution in [0.4, 0.5) is 39.8 Å². The van der Waals surface area contributed by atoms with Gasteiger partial charge in [-0.2, -0.15) is 5.26 Å². The maximum absolute atomic E-state index is 9.46. The lowest BCUT2D eigenvalue weighted by Crippen LogP contribution is -2.10. The van der Waals surface area contributed by atoms with Gasteiger partial charge in [0.15, 0.2) is 5.69 Å². The molecule has 0 spiro atoms. The molecule has 60 heavy (non-hydrogen) atoms. The average Bonchev–Trinajstić information content (AvgIpc) is 3.31. The molecule has 0 radical (unpaired) electrons. The van der Waals surface area contributed by atoms with E-state index < -0.39 is 0 Å². The van der Waals surface area contributed by atoms with E-state index in [4.69, 9.17) is 6.57 Å². The molecule has 4 heteroatoms. The third-order valence-corrected chi connectivity index (χ3v) is 11.2. The Morgan fingerprint density at radius 3 is 1.12 bits per heavy atom. The van der Waals surface area contributed by atoms with E-state index >= 15 is 0 Å². The molecule has 0 aliphatic rings. The molecule has 0 unspecified atom stereocenters. The van der Waals surface area contributed by atoms with Gasteiger partial charge in [-0.25, -0.2) is 4.85 Å². The van der Waals surface area contributed by atoms with Gasteiger partial charge in [0, 0.05) is 34.1 Å². The van der Waals surface area contributed by atoms with Crippen molar-refractivity contribution in [3.8, 4) is 6.07 Å². The van der Waals surface area contributed by atoms with Crippen molar-refractivity contribution in [1.29, 1.82) is 5.26 Å². The first-order valence-electron chi connectivity index (χ1n) is 19.9. The Balaban J connectivity index is 0.934. The topological polar surface area (TPSA) is 34.6 Å². The third-order valence-electron chi connectivity index (χ3n) is 11.2. The van der Waals surface area contributed by atoms with Gasteiger partial charge in [0.25, 0.3) is 0 Å². The van der Waals surface area contributed by atoms with Crippen LogP contribution >= 0.6 is 0 Å². The Kier molecular flexibility index (Phi) is 9.27. The fourth-order valence-electron chi connectivity index (χ4n) is 8.07. The van der Waals surface area contributed by atoms with E-state index in [1.807, 2.05) is 48.5 Å². The predicted molar refractivity (Wildman–Crippen MR) is 252 cm³/mol. The number of hydrogen-bond acceptors (Lipinski definition) is 3. The molecule has 0 saturated carbocycles. The van der Waals surface area contributed by atoms with E-state index in [1.165, 1.54) is 21.5 Å². The third kappa shape index (κ3) is 7.07. The van der Waals surface area contributed by atoms with Gasteiger partial charge < -0.3 is 9.80 Å². The van der Waals surface area contributed by atoms with Crippen LogP contribution in [-0.4, -0.2) is 0 Å². The Morgan fingerprint density at radius 1 is 0.367 bits per heavy atom. The molecular formula is C56H36N4. The van der Waals surface area contributed by atoms with Crippen molar-refractivity contribution >= 4 is 95.1 Å². The molecular weight excluding hydrogens is 729 g/mol. The SMILES string of the molecule is [C-]#[N+]c1ccc(N(c2ccc3ccccc3c2)c2ccc3cc(/C=C/c4ccc5cc(N(c6ccc(C#N)cc6)c6ccc7ccccc7c6)ccc5c4)ccc3c2)cc1. The van der Waals surface area contributed by atoms with E-state index in [9.17, 15) is 5.26 Å². The highest BCUT2D eigenvalue weighted by molar-refractivity contribution is 5.96. The Bertz CT molecular complexity index is 3120. The summed E-state index contributed by atoms with van der Waals surface area (Å²) in [4.78, 5) is 8.11. The molecule has 0 heterocycles. The summed E-state index contributed by atoms with van der Waals surface area (Å²) in [5.41, 5.74) is 9.70. The van der Waals surface area contributed by atoms with Crippen LogP contribution in [0.25, 0.3) is 60.1 Å². The minimum absolute atomic E-state index is 0.620. The van der Waals surface area contributed by atoms with E-state index in [2.05, 4.69) is 191 Å². The second-order valence-electron chi connectivity index (χ2n) is 14.9. The van der Waals surface area contributed by atoms with Gasteiger partial charge in [-0.3, -0.25) is 0 Å². The zero-order valence-corrected chi connectivity index (χ0v) is 32.6. The van der Waals surface area contributed by atoms with E-state index in [0.29, 0.717) is 11.3 Å². The summed E-state index contributed by atoms with van der Waals surface area (Å²) < 4.78 is 0. The molecule has 0 aromatic heterocycles. The van der Waals surface area contributed by atoms with Crippen molar-refractivity contribution in [2.75, 3.05) is 9.80 Å². The minimum Gasteiger partial charge on any atom is -0.311 e. The van der Waals surface area contributed by atoms with Gasteiger partial charge in [-0.1, -0.05) is 121 Å². The molecule has 10 aromatic rings. The number of nitrogens with zero attached hydrogens (tertiary/aromatic N) is 4. The standard InChI is InChI=1S/C56H36N4/c1-58-50-22-30-52(31-23-50)60(54-27-19-43-7-3-5-9-45(43)35-54)56-29-21-47-33-40(13-17-49(47)37-56)11-10-39-12-16-48-36-55(28-20-46(48)32-39)59(51-24-14-41(38-57)15-25-51)53-26-18-42-6-2-4-8-44(42)34-53/h2-37H/b11-10+. The fourth-order valence-corrected chi connectivity index (χ4v) is 8.07. The Labute approximate surface area is 349 Å².